The van der Waals surface area contributed by atoms with Crippen LogP contribution in [0.2, 0.25) is 0 Å². The lowest BCUT2D eigenvalue weighted by Gasteiger charge is -2.28. The minimum atomic E-state index is 0.0767. The van der Waals surface area contributed by atoms with Crippen molar-refractivity contribution >= 4 is 5.91 Å². The molecule has 4 heteroatoms. The summed E-state index contributed by atoms with van der Waals surface area (Å²) < 4.78 is 0. The molecular formula is C14H21N3O. The van der Waals surface area contributed by atoms with E-state index in [1.54, 1.807) is 17.2 Å². The van der Waals surface area contributed by atoms with Crippen LogP contribution in [0.15, 0.2) is 18.3 Å². The van der Waals surface area contributed by atoms with E-state index >= 15 is 0 Å². The van der Waals surface area contributed by atoms with Gasteiger partial charge in [-0.3, -0.25) is 9.78 Å². The number of pyridine rings is 1. The average Bonchev–Trinajstić information content (AvgIpc) is 2.39. The third kappa shape index (κ3) is 3.29. The summed E-state index contributed by atoms with van der Waals surface area (Å²) in [5.74, 6) is 0.0767. The number of rotatable bonds is 3. The lowest BCUT2D eigenvalue weighted by atomic mass is 10.0. The second-order valence-electron chi connectivity index (χ2n) is 5.02. The van der Waals surface area contributed by atoms with Crippen LogP contribution in [-0.2, 0) is 0 Å². The second-order valence-corrected chi connectivity index (χ2v) is 5.02. The van der Waals surface area contributed by atoms with Crippen molar-refractivity contribution in [3.05, 3.63) is 29.6 Å². The number of nitrogens with one attached hydrogen (secondary N) is 1. The Labute approximate surface area is 108 Å². The Morgan fingerprint density at radius 2 is 2.39 bits per heavy atom. The fourth-order valence-corrected chi connectivity index (χ4v) is 2.39. The summed E-state index contributed by atoms with van der Waals surface area (Å²) in [6.45, 7) is 3.75. The molecule has 0 aliphatic carbocycles. The predicted molar refractivity (Wildman–Crippen MR) is 71.6 cm³/mol. The van der Waals surface area contributed by atoms with Crippen molar-refractivity contribution in [3.63, 3.8) is 0 Å². The number of aromatic nitrogens is 1. The second kappa shape index (κ2) is 5.96. The van der Waals surface area contributed by atoms with Crippen LogP contribution < -0.4 is 5.32 Å². The standard InChI is InChI=1S/C14H21N3O/c1-11-9-12(6-8-15-11)14(18)17(2)10-13-5-3-4-7-16-13/h6,8-9,13,16H,3-5,7,10H2,1-2H3. The number of hydrogen-bond donors (Lipinski definition) is 1. The summed E-state index contributed by atoms with van der Waals surface area (Å²) in [5, 5.41) is 3.46. The number of carbonyl (C=O) groups is 1. The Kier molecular flexibility index (Phi) is 4.31. The van der Waals surface area contributed by atoms with Crippen molar-refractivity contribution < 1.29 is 4.79 Å². The summed E-state index contributed by atoms with van der Waals surface area (Å²) in [5.41, 5.74) is 1.60. The number of nitrogens with zero attached hydrogens (tertiary/aromatic N) is 2. The van der Waals surface area contributed by atoms with Crippen molar-refractivity contribution in [1.82, 2.24) is 15.2 Å². The summed E-state index contributed by atoms with van der Waals surface area (Å²) in [7, 11) is 1.87. The van der Waals surface area contributed by atoms with Crippen molar-refractivity contribution in [3.8, 4) is 0 Å². The van der Waals surface area contributed by atoms with Gasteiger partial charge < -0.3 is 10.2 Å². The van der Waals surface area contributed by atoms with E-state index in [0.29, 0.717) is 6.04 Å². The molecule has 1 amide bonds. The summed E-state index contributed by atoms with van der Waals surface area (Å²) in [6, 6.07) is 4.06. The maximum Gasteiger partial charge on any atom is 0.253 e. The molecule has 1 aliphatic heterocycles. The molecule has 18 heavy (non-hydrogen) atoms. The van der Waals surface area contributed by atoms with E-state index in [4.69, 9.17) is 0 Å². The molecule has 0 saturated carbocycles. The smallest absolute Gasteiger partial charge is 0.253 e. The Morgan fingerprint density at radius 3 is 3.06 bits per heavy atom. The summed E-state index contributed by atoms with van der Waals surface area (Å²) in [6.07, 6.45) is 5.36. The van der Waals surface area contributed by atoms with Crippen LogP contribution in [0.5, 0.6) is 0 Å². The zero-order chi connectivity index (χ0) is 13.0. The topological polar surface area (TPSA) is 45.2 Å². The molecule has 2 rings (SSSR count). The fourth-order valence-electron chi connectivity index (χ4n) is 2.39. The highest BCUT2D eigenvalue weighted by Crippen LogP contribution is 2.10. The van der Waals surface area contributed by atoms with Crippen LogP contribution in [0, 0.1) is 6.92 Å². The molecule has 98 valence electrons. The molecule has 1 atom stereocenters. The first-order valence-electron chi connectivity index (χ1n) is 6.58. The number of hydrogen-bond acceptors (Lipinski definition) is 3. The lowest BCUT2D eigenvalue weighted by molar-refractivity contribution is 0.0775. The number of carbonyl (C=O) groups excluding carboxylic acids is 1. The van der Waals surface area contributed by atoms with Gasteiger partial charge in [-0.05, 0) is 38.4 Å². The molecule has 1 aromatic rings. The fraction of sp³-hybridized carbons (Fsp3) is 0.571. The van der Waals surface area contributed by atoms with Crippen LogP contribution in [-0.4, -0.2) is 42.0 Å². The van der Waals surface area contributed by atoms with E-state index < -0.39 is 0 Å². The molecule has 1 fully saturated rings. The van der Waals surface area contributed by atoms with Crippen LogP contribution in [0.3, 0.4) is 0 Å². The predicted octanol–water partition coefficient (Wildman–Crippen LogP) is 1.60. The highest BCUT2D eigenvalue weighted by atomic mass is 16.2. The van der Waals surface area contributed by atoms with E-state index in [2.05, 4.69) is 10.3 Å². The van der Waals surface area contributed by atoms with Crippen LogP contribution in [0.25, 0.3) is 0 Å². The van der Waals surface area contributed by atoms with Gasteiger partial charge in [0.25, 0.3) is 5.91 Å². The minimum Gasteiger partial charge on any atom is -0.340 e. The third-order valence-electron chi connectivity index (χ3n) is 3.40. The first kappa shape index (κ1) is 13.0. The molecule has 4 nitrogen and oxygen atoms in total. The van der Waals surface area contributed by atoms with Gasteiger partial charge in [0, 0.05) is 37.1 Å². The number of aryl methyl sites for hydroxylation is 1. The van der Waals surface area contributed by atoms with E-state index in [-0.39, 0.29) is 5.91 Å². The van der Waals surface area contributed by atoms with Gasteiger partial charge in [0.1, 0.15) is 0 Å². The molecule has 0 bridgehead atoms. The highest BCUT2D eigenvalue weighted by molar-refractivity contribution is 5.94. The lowest BCUT2D eigenvalue weighted by Crippen LogP contribution is -2.44. The van der Waals surface area contributed by atoms with Crippen LogP contribution in [0.4, 0.5) is 0 Å². The van der Waals surface area contributed by atoms with Crippen molar-refractivity contribution in [2.45, 2.75) is 32.2 Å². The maximum absolute atomic E-state index is 12.2. The molecule has 1 saturated heterocycles. The zero-order valence-electron chi connectivity index (χ0n) is 11.1. The van der Waals surface area contributed by atoms with Crippen molar-refractivity contribution in [2.24, 2.45) is 0 Å². The Balaban J connectivity index is 1.95. The summed E-state index contributed by atoms with van der Waals surface area (Å²) in [4.78, 5) is 18.2. The van der Waals surface area contributed by atoms with E-state index in [1.807, 2.05) is 20.0 Å². The molecule has 2 heterocycles. The first-order chi connectivity index (χ1) is 8.66. The Bertz CT molecular complexity index is 413. The van der Waals surface area contributed by atoms with E-state index in [0.717, 1.165) is 30.8 Å². The van der Waals surface area contributed by atoms with Crippen LogP contribution >= 0.6 is 0 Å². The van der Waals surface area contributed by atoms with Gasteiger partial charge in [-0.25, -0.2) is 0 Å². The average molecular weight is 247 g/mol. The zero-order valence-corrected chi connectivity index (χ0v) is 11.1. The van der Waals surface area contributed by atoms with E-state index in [1.165, 1.54) is 12.8 Å². The van der Waals surface area contributed by atoms with E-state index in [9.17, 15) is 4.79 Å². The largest absolute Gasteiger partial charge is 0.340 e. The SMILES string of the molecule is Cc1cc(C(=O)N(C)CC2CCCCN2)ccn1. The van der Waals surface area contributed by atoms with Gasteiger partial charge in [0.05, 0.1) is 0 Å². The Hall–Kier alpha value is -1.42. The monoisotopic (exact) mass is 247 g/mol. The van der Waals surface area contributed by atoms with Gasteiger partial charge in [-0.15, -0.1) is 0 Å². The molecule has 1 aliphatic rings. The number of amides is 1. The van der Waals surface area contributed by atoms with Crippen LogP contribution in [0.1, 0.15) is 35.3 Å². The third-order valence-corrected chi connectivity index (χ3v) is 3.40. The van der Waals surface area contributed by atoms with Gasteiger partial charge >= 0.3 is 0 Å². The molecule has 1 unspecified atom stereocenters. The summed E-state index contributed by atoms with van der Waals surface area (Å²) >= 11 is 0. The minimum absolute atomic E-state index is 0.0767. The molecule has 0 spiro atoms. The van der Waals surface area contributed by atoms with Gasteiger partial charge in [-0.1, -0.05) is 6.42 Å². The molecule has 1 N–H and O–H groups in total. The molecular weight excluding hydrogens is 226 g/mol. The molecule has 1 aromatic heterocycles. The van der Waals surface area contributed by atoms with Gasteiger partial charge in [0.2, 0.25) is 0 Å². The number of likely N-dealkylation sites (N-methyl/N-ethyl adjacent to an activating group) is 1. The quantitative estimate of drug-likeness (QED) is 0.882. The number of piperidine rings is 1. The van der Waals surface area contributed by atoms with Gasteiger partial charge in [-0.2, -0.15) is 0 Å². The Morgan fingerprint density at radius 1 is 1.56 bits per heavy atom. The maximum atomic E-state index is 12.2. The molecule has 0 aromatic carbocycles. The normalized spacial score (nSPS) is 19.6. The highest BCUT2D eigenvalue weighted by Gasteiger charge is 2.18. The van der Waals surface area contributed by atoms with Gasteiger partial charge in [0.15, 0.2) is 0 Å². The first-order valence-corrected chi connectivity index (χ1v) is 6.58. The van der Waals surface area contributed by atoms with Crippen molar-refractivity contribution in [1.29, 1.82) is 0 Å². The van der Waals surface area contributed by atoms with Crippen molar-refractivity contribution in [2.75, 3.05) is 20.1 Å². The molecule has 0 radical (unpaired) electrons.